The van der Waals surface area contributed by atoms with Gasteiger partial charge in [-0.2, -0.15) is 0 Å². The molecule has 0 amide bonds. The lowest BCUT2D eigenvalue weighted by Crippen LogP contribution is -2.12. The molecule has 0 radical (unpaired) electrons. The van der Waals surface area contributed by atoms with Gasteiger partial charge in [-0.05, 0) is 19.3 Å². The van der Waals surface area contributed by atoms with Crippen molar-refractivity contribution in [3.05, 3.63) is 22.2 Å². The first-order valence-corrected chi connectivity index (χ1v) is 6.90. The van der Waals surface area contributed by atoms with Gasteiger partial charge in [0.15, 0.2) is 0 Å². The van der Waals surface area contributed by atoms with Crippen molar-refractivity contribution in [2.75, 3.05) is 11.9 Å². The van der Waals surface area contributed by atoms with Crippen molar-refractivity contribution < 1.29 is 0 Å². The van der Waals surface area contributed by atoms with Gasteiger partial charge in [-0.1, -0.05) is 39.5 Å². The molecule has 1 aromatic heterocycles. The minimum Gasteiger partial charge on any atom is -0.370 e. The number of nitrogens with zero attached hydrogens (tertiary/aromatic N) is 1. The van der Waals surface area contributed by atoms with E-state index in [2.05, 4.69) is 29.1 Å². The van der Waals surface area contributed by atoms with Gasteiger partial charge in [0.2, 0.25) is 0 Å². The molecule has 0 aliphatic carbocycles. The minimum absolute atomic E-state index is 0.0954. The topological polar surface area (TPSA) is 57.8 Å². The molecule has 0 unspecified atom stereocenters. The van der Waals surface area contributed by atoms with Crippen LogP contribution >= 0.6 is 0 Å². The quantitative estimate of drug-likeness (QED) is 0.698. The Morgan fingerprint density at radius 2 is 2.00 bits per heavy atom. The molecule has 0 fully saturated rings. The van der Waals surface area contributed by atoms with Crippen LogP contribution in [0.1, 0.15) is 51.8 Å². The van der Waals surface area contributed by atoms with Crippen molar-refractivity contribution in [2.24, 2.45) is 5.92 Å². The molecule has 1 rings (SSSR count). The second-order valence-corrected chi connectivity index (χ2v) is 5.24. The van der Waals surface area contributed by atoms with Crippen molar-refractivity contribution in [3.63, 3.8) is 0 Å². The lowest BCUT2D eigenvalue weighted by molar-refractivity contribution is 0.523. The number of unbranched alkanes of at least 4 members (excludes halogenated alkanes) is 3. The van der Waals surface area contributed by atoms with E-state index in [1.54, 1.807) is 6.92 Å². The number of anilines is 1. The lowest BCUT2D eigenvalue weighted by atomic mass is 10.0. The molecule has 1 heterocycles. The van der Waals surface area contributed by atoms with Crippen molar-refractivity contribution in [3.8, 4) is 0 Å². The van der Waals surface area contributed by atoms with E-state index in [9.17, 15) is 4.79 Å². The Bertz CT molecular complexity index is 398. The highest BCUT2D eigenvalue weighted by Crippen LogP contribution is 2.09. The molecule has 0 saturated heterocycles. The molecule has 0 aliphatic heterocycles. The van der Waals surface area contributed by atoms with E-state index >= 15 is 0 Å². The molecule has 2 N–H and O–H groups in total. The number of hydrogen-bond donors (Lipinski definition) is 2. The second-order valence-electron chi connectivity index (χ2n) is 5.24. The Morgan fingerprint density at radius 1 is 1.28 bits per heavy atom. The van der Waals surface area contributed by atoms with Crippen LogP contribution in [0.2, 0.25) is 0 Å². The van der Waals surface area contributed by atoms with E-state index in [4.69, 9.17) is 0 Å². The average molecular weight is 251 g/mol. The van der Waals surface area contributed by atoms with E-state index in [0.29, 0.717) is 11.6 Å². The van der Waals surface area contributed by atoms with Crippen molar-refractivity contribution in [1.29, 1.82) is 0 Å². The molecule has 0 atom stereocenters. The summed E-state index contributed by atoms with van der Waals surface area (Å²) < 4.78 is 0. The average Bonchev–Trinajstić information content (AvgIpc) is 2.26. The summed E-state index contributed by atoms with van der Waals surface area (Å²) in [6.45, 7) is 7.21. The van der Waals surface area contributed by atoms with Gasteiger partial charge in [0.25, 0.3) is 5.56 Å². The smallest absolute Gasteiger partial charge is 0.252 e. The standard InChI is InChI=1S/C14H25N3O/c1-11(2)8-6-4-5-7-9-15-13-10-14(18)17-12(3)16-13/h10-11H,4-9H2,1-3H3,(H2,15,16,17,18). The molecule has 102 valence electrons. The molecule has 0 bridgehead atoms. The Kier molecular flexibility index (Phi) is 6.47. The van der Waals surface area contributed by atoms with Gasteiger partial charge in [0, 0.05) is 12.6 Å². The Hall–Kier alpha value is -1.32. The van der Waals surface area contributed by atoms with Gasteiger partial charge in [0.1, 0.15) is 11.6 Å². The van der Waals surface area contributed by atoms with Crippen LogP contribution in [-0.2, 0) is 0 Å². The van der Waals surface area contributed by atoms with Crippen LogP contribution in [0.15, 0.2) is 10.9 Å². The molecular weight excluding hydrogens is 226 g/mol. The summed E-state index contributed by atoms with van der Waals surface area (Å²) in [6, 6.07) is 1.51. The normalized spacial score (nSPS) is 10.9. The zero-order valence-electron chi connectivity index (χ0n) is 11.8. The fraction of sp³-hybridized carbons (Fsp3) is 0.714. The Morgan fingerprint density at radius 3 is 2.67 bits per heavy atom. The fourth-order valence-electron chi connectivity index (χ4n) is 1.92. The molecule has 0 aromatic carbocycles. The third-order valence-electron chi connectivity index (χ3n) is 2.87. The lowest BCUT2D eigenvalue weighted by Gasteiger charge is -2.06. The minimum atomic E-state index is -0.0954. The van der Waals surface area contributed by atoms with Crippen molar-refractivity contribution in [2.45, 2.75) is 52.9 Å². The third kappa shape index (κ3) is 6.42. The number of hydrogen-bond acceptors (Lipinski definition) is 3. The largest absolute Gasteiger partial charge is 0.370 e. The highest BCUT2D eigenvalue weighted by Gasteiger charge is 1.97. The number of rotatable bonds is 8. The molecule has 18 heavy (non-hydrogen) atoms. The second kappa shape index (κ2) is 7.90. The van der Waals surface area contributed by atoms with Crippen molar-refractivity contribution in [1.82, 2.24) is 9.97 Å². The summed E-state index contributed by atoms with van der Waals surface area (Å²) in [7, 11) is 0. The van der Waals surface area contributed by atoms with E-state index in [1.807, 2.05) is 0 Å². The van der Waals surface area contributed by atoms with Crippen LogP contribution in [0.5, 0.6) is 0 Å². The number of nitrogens with one attached hydrogen (secondary N) is 2. The summed E-state index contributed by atoms with van der Waals surface area (Å²) in [5.74, 6) is 2.15. The Balaban J connectivity index is 2.12. The maximum atomic E-state index is 11.2. The first-order valence-electron chi connectivity index (χ1n) is 6.90. The number of aromatic nitrogens is 2. The molecule has 0 saturated carbocycles. The monoisotopic (exact) mass is 251 g/mol. The summed E-state index contributed by atoms with van der Waals surface area (Å²) in [6.07, 6.45) is 6.30. The van der Waals surface area contributed by atoms with E-state index in [1.165, 1.54) is 31.7 Å². The van der Waals surface area contributed by atoms with Gasteiger partial charge in [-0.15, -0.1) is 0 Å². The van der Waals surface area contributed by atoms with Crippen LogP contribution in [0, 0.1) is 12.8 Å². The van der Waals surface area contributed by atoms with Crippen molar-refractivity contribution >= 4 is 5.82 Å². The molecule has 1 aromatic rings. The van der Waals surface area contributed by atoms with Crippen LogP contribution in [-0.4, -0.2) is 16.5 Å². The maximum absolute atomic E-state index is 11.2. The molecule has 0 aliphatic rings. The van der Waals surface area contributed by atoms with Crippen LogP contribution in [0.4, 0.5) is 5.82 Å². The van der Waals surface area contributed by atoms with E-state index < -0.39 is 0 Å². The van der Waals surface area contributed by atoms with Crippen LogP contribution in [0.3, 0.4) is 0 Å². The highest BCUT2D eigenvalue weighted by atomic mass is 16.1. The summed E-state index contributed by atoms with van der Waals surface area (Å²) in [5.41, 5.74) is -0.0954. The van der Waals surface area contributed by atoms with Gasteiger partial charge >= 0.3 is 0 Å². The zero-order valence-corrected chi connectivity index (χ0v) is 11.8. The predicted octanol–water partition coefficient (Wildman–Crippen LogP) is 3.10. The number of aryl methyl sites for hydroxylation is 1. The SMILES string of the molecule is Cc1nc(NCCCCCCC(C)C)cc(=O)[nH]1. The number of H-pyrrole nitrogens is 1. The number of aromatic amines is 1. The molecule has 0 spiro atoms. The third-order valence-corrected chi connectivity index (χ3v) is 2.87. The highest BCUT2D eigenvalue weighted by molar-refractivity contribution is 5.32. The molecular formula is C14H25N3O. The van der Waals surface area contributed by atoms with E-state index in [0.717, 1.165) is 18.9 Å². The van der Waals surface area contributed by atoms with Gasteiger partial charge in [-0.3, -0.25) is 4.79 Å². The van der Waals surface area contributed by atoms with E-state index in [-0.39, 0.29) is 5.56 Å². The zero-order chi connectivity index (χ0) is 13.4. The summed E-state index contributed by atoms with van der Waals surface area (Å²) in [5, 5.41) is 3.19. The predicted molar refractivity (Wildman–Crippen MR) is 76.0 cm³/mol. The van der Waals surface area contributed by atoms with Gasteiger partial charge < -0.3 is 10.3 Å². The maximum Gasteiger partial charge on any atom is 0.252 e. The van der Waals surface area contributed by atoms with Gasteiger partial charge in [0.05, 0.1) is 0 Å². The Labute approximate surface area is 109 Å². The van der Waals surface area contributed by atoms with Crippen LogP contribution < -0.4 is 10.9 Å². The fourth-order valence-corrected chi connectivity index (χ4v) is 1.92. The summed E-state index contributed by atoms with van der Waals surface area (Å²) >= 11 is 0. The first kappa shape index (κ1) is 14.7. The van der Waals surface area contributed by atoms with Gasteiger partial charge in [-0.25, -0.2) is 4.98 Å². The first-order chi connectivity index (χ1) is 8.58. The summed E-state index contributed by atoms with van der Waals surface area (Å²) in [4.78, 5) is 18.1. The molecule has 4 nitrogen and oxygen atoms in total. The van der Waals surface area contributed by atoms with Crippen LogP contribution in [0.25, 0.3) is 0 Å². The molecule has 4 heteroatoms.